The summed E-state index contributed by atoms with van der Waals surface area (Å²) in [6.07, 6.45) is 7.69. The molecule has 0 N–H and O–H groups in total. The van der Waals surface area contributed by atoms with Crippen LogP contribution >= 0.6 is 11.8 Å². The van der Waals surface area contributed by atoms with Gasteiger partial charge in [0.1, 0.15) is 0 Å². The molecule has 1 aromatic rings. The summed E-state index contributed by atoms with van der Waals surface area (Å²) in [6, 6.07) is 5.87. The summed E-state index contributed by atoms with van der Waals surface area (Å²) >= 11 is 1.31. The van der Waals surface area contributed by atoms with E-state index in [0.717, 1.165) is 12.8 Å². The first-order chi connectivity index (χ1) is 6.79. The van der Waals surface area contributed by atoms with E-state index < -0.39 is 0 Å². The van der Waals surface area contributed by atoms with Crippen LogP contribution in [0, 0.1) is 0 Å². The van der Waals surface area contributed by atoms with Gasteiger partial charge >= 0.3 is 0 Å². The number of aromatic nitrogens is 1. The van der Waals surface area contributed by atoms with Gasteiger partial charge in [0, 0.05) is 18.6 Å². The monoisotopic (exact) mass is 210 g/mol. The van der Waals surface area contributed by atoms with E-state index >= 15 is 0 Å². The van der Waals surface area contributed by atoms with E-state index in [0.29, 0.717) is 0 Å². The van der Waals surface area contributed by atoms with E-state index in [-0.39, 0.29) is 11.2 Å². The second-order valence-corrected chi connectivity index (χ2v) is 3.96. The lowest BCUT2D eigenvalue weighted by Crippen LogP contribution is -2.42. The minimum atomic E-state index is -0.00352. The standard InChI is InChI=1S/C11H16NOS/c1-3-7-10(11(13)14-2)12-8-5-4-6-9-12/h4-6,8-10H,3,7H2,1-2H3/q+1. The minimum Gasteiger partial charge on any atom is -0.280 e. The minimum absolute atomic E-state index is 0.00352. The van der Waals surface area contributed by atoms with Crippen molar-refractivity contribution in [1.82, 2.24) is 0 Å². The lowest BCUT2D eigenvalue weighted by molar-refractivity contribution is -0.708. The molecule has 14 heavy (non-hydrogen) atoms. The Hall–Kier alpha value is -0.830. The van der Waals surface area contributed by atoms with Crippen LogP contribution in [0.1, 0.15) is 25.8 Å². The van der Waals surface area contributed by atoms with E-state index in [4.69, 9.17) is 0 Å². The molecule has 1 atom stereocenters. The van der Waals surface area contributed by atoms with Crippen LogP contribution in [-0.4, -0.2) is 11.4 Å². The molecule has 1 aromatic heterocycles. The number of pyridine rings is 1. The Labute approximate surface area is 89.3 Å². The van der Waals surface area contributed by atoms with Crippen molar-refractivity contribution in [3.05, 3.63) is 30.6 Å². The highest BCUT2D eigenvalue weighted by atomic mass is 32.2. The molecule has 0 saturated carbocycles. The van der Waals surface area contributed by atoms with Gasteiger partial charge in [0.25, 0.3) is 5.12 Å². The molecular formula is C11H16NOS+. The Morgan fingerprint density at radius 3 is 2.50 bits per heavy atom. The van der Waals surface area contributed by atoms with Crippen molar-refractivity contribution in [2.24, 2.45) is 0 Å². The van der Waals surface area contributed by atoms with E-state index in [1.54, 1.807) is 0 Å². The molecule has 1 heterocycles. The van der Waals surface area contributed by atoms with Gasteiger partial charge in [-0.25, -0.2) is 0 Å². The molecule has 76 valence electrons. The number of carbonyl (C=O) groups excluding carboxylic acids is 1. The van der Waals surface area contributed by atoms with Crippen molar-refractivity contribution in [1.29, 1.82) is 0 Å². The smallest absolute Gasteiger partial charge is 0.256 e. The highest BCUT2D eigenvalue weighted by Crippen LogP contribution is 2.13. The van der Waals surface area contributed by atoms with E-state index in [2.05, 4.69) is 6.92 Å². The second-order valence-electron chi connectivity index (χ2n) is 3.15. The van der Waals surface area contributed by atoms with Crippen LogP contribution in [0.15, 0.2) is 30.6 Å². The maximum absolute atomic E-state index is 11.6. The van der Waals surface area contributed by atoms with Crippen molar-refractivity contribution in [2.45, 2.75) is 25.8 Å². The topological polar surface area (TPSA) is 20.9 Å². The SMILES string of the molecule is CCCC(C(=O)SC)[n+]1ccccc1. The Balaban J connectivity index is 2.83. The predicted octanol–water partition coefficient (Wildman–Crippen LogP) is 2.20. The van der Waals surface area contributed by atoms with Crippen LogP contribution in [0.25, 0.3) is 0 Å². The fraction of sp³-hybridized carbons (Fsp3) is 0.455. The molecule has 1 rings (SSSR count). The van der Waals surface area contributed by atoms with Gasteiger partial charge in [-0.3, -0.25) is 4.79 Å². The molecule has 0 aromatic carbocycles. The van der Waals surface area contributed by atoms with Gasteiger partial charge in [-0.1, -0.05) is 24.8 Å². The van der Waals surface area contributed by atoms with Gasteiger partial charge in [-0.2, -0.15) is 4.57 Å². The van der Waals surface area contributed by atoms with E-state index in [1.807, 2.05) is 41.4 Å². The number of carbonyl (C=O) groups is 1. The van der Waals surface area contributed by atoms with Gasteiger partial charge in [0.2, 0.25) is 6.04 Å². The zero-order valence-corrected chi connectivity index (χ0v) is 9.46. The first-order valence-electron chi connectivity index (χ1n) is 4.83. The quantitative estimate of drug-likeness (QED) is 0.710. The van der Waals surface area contributed by atoms with Crippen LogP contribution in [0.4, 0.5) is 0 Å². The molecule has 2 nitrogen and oxygen atoms in total. The van der Waals surface area contributed by atoms with Crippen molar-refractivity contribution in [2.75, 3.05) is 6.26 Å². The van der Waals surface area contributed by atoms with Gasteiger partial charge in [0.05, 0.1) is 0 Å². The largest absolute Gasteiger partial charge is 0.280 e. The molecule has 0 aliphatic heterocycles. The number of hydrogen-bond donors (Lipinski definition) is 0. The Kier molecular flexibility index (Phi) is 4.66. The third-order valence-corrected chi connectivity index (χ3v) is 2.81. The van der Waals surface area contributed by atoms with Gasteiger partial charge in [-0.05, 0) is 12.7 Å². The van der Waals surface area contributed by atoms with Crippen LogP contribution in [0.2, 0.25) is 0 Å². The molecule has 0 bridgehead atoms. The van der Waals surface area contributed by atoms with Crippen LogP contribution in [0.3, 0.4) is 0 Å². The maximum atomic E-state index is 11.6. The molecule has 3 heteroatoms. The summed E-state index contributed by atoms with van der Waals surface area (Å²) in [5.41, 5.74) is 0. The second kappa shape index (κ2) is 5.81. The normalized spacial score (nSPS) is 12.4. The molecule has 0 aliphatic carbocycles. The summed E-state index contributed by atoms with van der Waals surface area (Å²) in [5.74, 6) is 0. The number of nitrogens with zero attached hydrogens (tertiary/aromatic N) is 1. The zero-order chi connectivity index (χ0) is 10.4. The van der Waals surface area contributed by atoms with Crippen LogP contribution in [-0.2, 0) is 4.79 Å². The number of hydrogen-bond acceptors (Lipinski definition) is 2. The summed E-state index contributed by atoms with van der Waals surface area (Å²) in [7, 11) is 0. The molecule has 0 fully saturated rings. The molecular weight excluding hydrogens is 194 g/mol. The van der Waals surface area contributed by atoms with Gasteiger partial charge < -0.3 is 0 Å². The third-order valence-electron chi connectivity index (χ3n) is 2.13. The number of thioether (sulfide) groups is 1. The molecule has 0 amide bonds. The summed E-state index contributed by atoms with van der Waals surface area (Å²) < 4.78 is 1.99. The number of rotatable bonds is 4. The summed E-state index contributed by atoms with van der Waals surface area (Å²) in [4.78, 5) is 11.6. The maximum Gasteiger partial charge on any atom is 0.256 e. The molecule has 0 spiro atoms. The van der Waals surface area contributed by atoms with Gasteiger partial charge in [0.15, 0.2) is 12.4 Å². The Morgan fingerprint density at radius 2 is 2.00 bits per heavy atom. The molecule has 0 radical (unpaired) electrons. The highest BCUT2D eigenvalue weighted by molar-refractivity contribution is 8.13. The van der Waals surface area contributed by atoms with E-state index in [9.17, 15) is 4.79 Å². The zero-order valence-electron chi connectivity index (χ0n) is 8.64. The van der Waals surface area contributed by atoms with Crippen LogP contribution in [0.5, 0.6) is 0 Å². The fourth-order valence-corrected chi connectivity index (χ4v) is 1.93. The first-order valence-corrected chi connectivity index (χ1v) is 6.05. The summed E-state index contributed by atoms with van der Waals surface area (Å²) in [5, 5.41) is 0.239. The van der Waals surface area contributed by atoms with Crippen molar-refractivity contribution in [3.8, 4) is 0 Å². The van der Waals surface area contributed by atoms with Crippen molar-refractivity contribution < 1.29 is 9.36 Å². The average molecular weight is 210 g/mol. The molecule has 0 saturated heterocycles. The van der Waals surface area contributed by atoms with Crippen molar-refractivity contribution >= 4 is 16.9 Å². The van der Waals surface area contributed by atoms with Crippen LogP contribution < -0.4 is 4.57 Å². The predicted molar refractivity (Wildman–Crippen MR) is 59.1 cm³/mol. The lowest BCUT2D eigenvalue weighted by atomic mass is 10.2. The average Bonchev–Trinajstić information content (AvgIpc) is 2.26. The Morgan fingerprint density at radius 1 is 1.36 bits per heavy atom. The third kappa shape index (κ3) is 2.84. The fourth-order valence-electron chi connectivity index (χ4n) is 1.42. The first kappa shape index (κ1) is 11.2. The van der Waals surface area contributed by atoms with Crippen molar-refractivity contribution in [3.63, 3.8) is 0 Å². The Bertz CT molecular complexity index is 287. The van der Waals surface area contributed by atoms with Gasteiger partial charge in [-0.15, -0.1) is 0 Å². The highest BCUT2D eigenvalue weighted by Gasteiger charge is 2.24. The lowest BCUT2D eigenvalue weighted by Gasteiger charge is -2.07. The van der Waals surface area contributed by atoms with E-state index in [1.165, 1.54) is 11.8 Å². The molecule has 1 unspecified atom stereocenters. The molecule has 0 aliphatic rings. The summed E-state index contributed by atoms with van der Waals surface area (Å²) in [6.45, 7) is 2.10.